The Hall–Kier alpha value is -2.36. The number of rotatable bonds is 3. The number of hydrogen-bond acceptors (Lipinski definition) is 14. The van der Waals surface area contributed by atoms with E-state index in [1.54, 1.807) is 13.8 Å². The lowest BCUT2D eigenvalue weighted by Crippen LogP contribution is -2.80. The molecule has 8 fully saturated rings. The summed E-state index contributed by atoms with van der Waals surface area (Å²) in [7, 11) is 0. The third-order valence-electron chi connectivity index (χ3n) is 15.2. The first kappa shape index (κ1) is 32.8. The number of carbonyl (C=O) groups excluding carboxylic acids is 4. The van der Waals surface area contributed by atoms with Crippen molar-refractivity contribution in [2.75, 3.05) is 0 Å². The maximum Gasteiger partial charge on any atom is 0.341 e. The summed E-state index contributed by atoms with van der Waals surface area (Å²) in [5, 5.41) is 36.6. The topological polar surface area (TPSA) is 217 Å². The first-order chi connectivity index (χ1) is 22.2. The van der Waals surface area contributed by atoms with Gasteiger partial charge in [0, 0.05) is 55.8 Å². The van der Waals surface area contributed by atoms with Crippen LogP contribution in [0.3, 0.4) is 0 Å². The van der Waals surface area contributed by atoms with Crippen LogP contribution in [0, 0.1) is 51.8 Å². The second-order valence-electron chi connectivity index (χ2n) is 16.9. The van der Waals surface area contributed by atoms with Crippen LogP contribution in [0.1, 0.15) is 68.2 Å². The Morgan fingerprint density at radius 2 is 1.52 bits per heavy atom. The fourth-order valence-electron chi connectivity index (χ4n) is 13.1. The minimum absolute atomic E-state index is 0.102. The Balaban J connectivity index is 1.39. The molecule has 48 heavy (non-hydrogen) atoms. The molecule has 2 unspecified atom stereocenters. The van der Waals surface area contributed by atoms with Gasteiger partial charge in [0.2, 0.25) is 5.79 Å². The van der Waals surface area contributed by atoms with Crippen molar-refractivity contribution < 1.29 is 62.9 Å². The summed E-state index contributed by atoms with van der Waals surface area (Å²) in [6.07, 6.45) is -5.50. The van der Waals surface area contributed by atoms with Crippen molar-refractivity contribution in [2.24, 2.45) is 57.5 Å². The number of aliphatic hydroxyl groups is 3. The number of esters is 4. The van der Waals surface area contributed by atoms with Gasteiger partial charge in [-0.1, -0.05) is 20.8 Å². The van der Waals surface area contributed by atoms with E-state index in [0.717, 1.165) is 0 Å². The number of aliphatic hydroxyl groups excluding tert-OH is 1. The second kappa shape index (κ2) is 9.29. The average Bonchev–Trinajstić information content (AvgIpc) is 3.88. The highest BCUT2D eigenvalue weighted by Gasteiger charge is 2.93. The number of nitrogens with two attached hydrogens (primary N) is 1. The Kier molecular flexibility index (Phi) is 6.36. The number of hydrogen-bond donors (Lipinski definition) is 4. The molecular formula is C34H47NO13. The molecule has 5 aliphatic carbocycles. The molecule has 3 heterocycles. The van der Waals surface area contributed by atoms with E-state index in [9.17, 15) is 34.5 Å². The molecule has 20 atom stereocenters. The van der Waals surface area contributed by atoms with Gasteiger partial charge in [-0.05, 0) is 38.0 Å². The van der Waals surface area contributed by atoms with Gasteiger partial charge in [-0.2, -0.15) is 0 Å². The zero-order valence-electron chi connectivity index (χ0n) is 28.5. The van der Waals surface area contributed by atoms with Crippen LogP contribution in [0.2, 0.25) is 0 Å². The second-order valence-corrected chi connectivity index (χ2v) is 16.9. The summed E-state index contributed by atoms with van der Waals surface area (Å²) < 4.78 is 36.6. The van der Waals surface area contributed by atoms with Crippen molar-refractivity contribution in [1.29, 1.82) is 0 Å². The van der Waals surface area contributed by atoms with Crippen LogP contribution in [0.15, 0.2) is 0 Å². The summed E-state index contributed by atoms with van der Waals surface area (Å²) in [5.74, 6) is -7.93. The molecule has 0 amide bonds. The van der Waals surface area contributed by atoms with Crippen molar-refractivity contribution >= 4 is 23.9 Å². The summed E-state index contributed by atoms with van der Waals surface area (Å²) in [6, 6.07) is -1.18. The lowest BCUT2D eigenvalue weighted by atomic mass is 9.40. The van der Waals surface area contributed by atoms with Crippen LogP contribution >= 0.6 is 0 Å². The Morgan fingerprint density at radius 1 is 0.917 bits per heavy atom. The number of ether oxygens (including phenoxy) is 6. The predicted octanol–water partition coefficient (Wildman–Crippen LogP) is -0.0447. The minimum atomic E-state index is -2.06. The molecule has 1 spiro atoms. The van der Waals surface area contributed by atoms with Crippen LogP contribution in [0.25, 0.3) is 0 Å². The summed E-state index contributed by atoms with van der Waals surface area (Å²) in [6.45, 7) is 12.6. The zero-order valence-corrected chi connectivity index (χ0v) is 28.5. The molecule has 3 saturated heterocycles. The first-order valence-electron chi connectivity index (χ1n) is 17.1. The van der Waals surface area contributed by atoms with Gasteiger partial charge in [0.05, 0.1) is 29.3 Å². The van der Waals surface area contributed by atoms with E-state index in [4.69, 9.17) is 34.2 Å². The lowest BCUT2D eigenvalue weighted by Gasteiger charge is -2.68. The Morgan fingerprint density at radius 3 is 2.12 bits per heavy atom. The maximum atomic E-state index is 13.4. The van der Waals surface area contributed by atoms with Gasteiger partial charge in [-0.15, -0.1) is 0 Å². The summed E-state index contributed by atoms with van der Waals surface area (Å²) in [5.41, 5.74) is -0.625. The van der Waals surface area contributed by atoms with Gasteiger partial charge in [0.25, 0.3) is 0 Å². The smallest absolute Gasteiger partial charge is 0.341 e. The quantitative estimate of drug-likeness (QED) is 0.175. The molecule has 14 nitrogen and oxygen atoms in total. The molecule has 8 aliphatic rings. The fourth-order valence-corrected chi connectivity index (χ4v) is 13.1. The Labute approximate surface area is 278 Å². The van der Waals surface area contributed by atoms with E-state index in [2.05, 4.69) is 0 Å². The van der Waals surface area contributed by atoms with Crippen molar-refractivity contribution in [3.05, 3.63) is 0 Å². The van der Waals surface area contributed by atoms with Gasteiger partial charge in [-0.25, -0.2) is 4.79 Å². The largest absolute Gasteiger partial charge is 0.462 e. The molecule has 0 bridgehead atoms. The van der Waals surface area contributed by atoms with Crippen LogP contribution in [0.4, 0.5) is 0 Å². The zero-order chi connectivity index (χ0) is 35.0. The van der Waals surface area contributed by atoms with Crippen LogP contribution in [-0.4, -0.2) is 105 Å². The molecule has 0 aromatic rings. The summed E-state index contributed by atoms with van der Waals surface area (Å²) in [4.78, 5) is 52.3. The highest BCUT2D eigenvalue weighted by atomic mass is 16.8. The maximum absolute atomic E-state index is 13.4. The monoisotopic (exact) mass is 677 g/mol. The van der Waals surface area contributed by atoms with E-state index in [1.165, 1.54) is 27.7 Å². The van der Waals surface area contributed by atoms with E-state index in [-0.39, 0.29) is 18.8 Å². The molecule has 14 heteroatoms. The van der Waals surface area contributed by atoms with Crippen LogP contribution < -0.4 is 5.73 Å². The molecule has 0 radical (unpaired) electrons. The lowest BCUT2D eigenvalue weighted by molar-refractivity contribution is -0.292. The van der Waals surface area contributed by atoms with Gasteiger partial charge in [0.1, 0.15) is 30.5 Å². The predicted molar refractivity (Wildman–Crippen MR) is 159 cm³/mol. The highest BCUT2D eigenvalue weighted by molar-refractivity contribution is 5.84. The molecule has 0 aromatic carbocycles. The normalized spacial score (nSPS) is 61.1. The van der Waals surface area contributed by atoms with Crippen LogP contribution in [-0.2, 0) is 47.6 Å². The molecule has 8 rings (SSSR count). The molecule has 5 saturated carbocycles. The third-order valence-corrected chi connectivity index (χ3v) is 15.2. The van der Waals surface area contributed by atoms with Crippen LogP contribution in [0.5, 0.6) is 0 Å². The fraction of sp³-hybridized carbons (Fsp3) is 0.882. The average molecular weight is 678 g/mol. The third kappa shape index (κ3) is 3.36. The van der Waals surface area contributed by atoms with Gasteiger partial charge in [-0.3, -0.25) is 14.4 Å². The highest BCUT2D eigenvalue weighted by Crippen LogP contribution is 2.81. The molecule has 0 aromatic heterocycles. The van der Waals surface area contributed by atoms with E-state index < -0.39 is 135 Å². The van der Waals surface area contributed by atoms with Gasteiger partial charge in [0.15, 0.2) is 5.60 Å². The number of epoxide rings is 2. The van der Waals surface area contributed by atoms with Crippen molar-refractivity contribution in [1.82, 2.24) is 0 Å². The van der Waals surface area contributed by atoms with E-state index in [1.807, 2.05) is 13.8 Å². The minimum Gasteiger partial charge on any atom is -0.462 e. The number of carbonyl (C=O) groups is 4. The van der Waals surface area contributed by atoms with Crippen molar-refractivity contribution in [2.45, 2.75) is 134 Å². The molecular weight excluding hydrogens is 630 g/mol. The standard InChI is InChI=1S/C34H47NO13/c1-11-19-21(31(7)32(8,41)28(40)48-34(31)27(11)47-34)24(45-14(4)38)20-18-15(9-17(29(19,20)5)43-12(2)36)30(6)26(39)22-16(46-22)10-33(30,42)25(35)23(18)44-13(3)37/h11,15-27,39,41-42H,9-10,35H2,1-8H3/t11-,15?,16-,17-,18?,19-,20+,21-,22-,23+,24+,25+,26-,27+,29+,30-,31-,32+,33-,34-/m0/s1. The van der Waals surface area contributed by atoms with Gasteiger partial charge >= 0.3 is 23.9 Å². The van der Waals surface area contributed by atoms with E-state index >= 15 is 0 Å². The van der Waals surface area contributed by atoms with E-state index in [0.29, 0.717) is 0 Å². The SMILES string of the molecule is CC(=O)O[C@H]1[C@@H]2[C@H]([C@H](C)[C@H]3O[C@]34OC(=O)[C@@](C)(O)[C@]24C)[C@@]2(C)[C@@H](OC(C)=O)CC3C([C@@H](OC(C)=O)[C@@H](N)[C@@]4(O)C[C@@H]5O[C@@H]5[C@H](O)[C@]34C)[C@H]12. The van der Waals surface area contributed by atoms with Gasteiger partial charge < -0.3 is 49.5 Å². The number of fused-ring (bicyclic) bond motifs is 9. The van der Waals surface area contributed by atoms with Crippen molar-refractivity contribution in [3.8, 4) is 0 Å². The summed E-state index contributed by atoms with van der Waals surface area (Å²) >= 11 is 0. The van der Waals surface area contributed by atoms with Crippen molar-refractivity contribution in [3.63, 3.8) is 0 Å². The Bertz CT molecular complexity index is 1520. The molecule has 266 valence electrons. The molecule has 5 N–H and O–H groups in total. The molecule has 3 aliphatic heterocycles. The first-order valence-corrected chi connectivity index (χ1v) is 17.1.